The summed E-state index contributed by atoms with van der Waals surface area (Å²) in [5.41, 5.74) is 1.03. The van der Waals surface area contributed by atoms with Gasteiger partial charge in [0.05, 0.1) is 11.4 Å². The van der Waals surface area contributed by atoms with Gasteiger partial charge in [-0.2, -0.15) is 0 Å². The predicted molar refractivity (Wildman–Crippen MR) is 127 cm³/mol. The first-order valence-corrected chi connectivity index (χ1v) is 11.1. The highest BCUT2D eigenvalue weighted by Crippen LogP contribution is 2.31. The van der Waals surface area contributed by atoms with Crippen molar-refractivity contribution in [2.75, 3.05) is 21.7 Å². The van der Waals surface area contributed by atoms with E-state index in [2.05, 4.69) is 15.5 Å². The van der Waals surface area contributed by atoms with Crippen molar-refractivity contribution in [1.29, 1.82) is 0 Å². The van der Waals surface area contributed by atoms with Crippen LogP contribution in [0.15, 0.2) is 48.5 Å². The van der Waals surface area contributed by atoms with Crippen LogP contribution >= 0.6 is 46.8 Å². The molecule has 2 amide bonds. The monoisotopic (exact) mass is 491 g/mol. The summed E-state index contributed by atoms with van der Waals surface area (Å²) in [7, 11) is 0. The van der Waals surface area contributed by atoms with Crippen LogP contribution in [-0.2, 0) is 9.59 Å². The molecule has 0 aliphatic carbocycles. The Morgan fingerprint density at radius 3 is 1.84 bits per heavy atom. The van der Waals surface area contributed by atoms with Crippen molar-refractivity contribution in [3.05, 3.63) is 63.6 Å². The minimum absolute atomic E-state index is 0.0447. The summed E-state index contributed by atoms with van der Waals surface area (Å²) in [6, 6.07) is 13.4. The summed E-state index contributed by atoms with van der Waals surface area (Å²) >= 11 is 18.9. The average molecular weight is 492 g/mol. The fraction of sp³-hybridized carbons (Fsp3) is 0.150. The third-order valence-electron chi connectivity index (χ3n) is 4.57. The number of aromatic nitrogens is 2. The maximum atomic E-state index is 13.4. The van der Waals surface area contributed by atoms with Gasteiger partial charge in [-0.1, -0.05) is 34.5 Å². The molecule has 1 aliphatic heterocycles. The SMILES string of the molecule is Cc1nnc(NCC2C(=O)N(c3ccc(Cl)cc3)C(=S)N(c3ccc(Cl)cc3)C2=O)s1. The number of halogens is 2. The number of nitrogens with zero attached hydrogens (tertiary/aromatic N) is 4. The lowest BCUT2D eigenvalue weighted by Crippen LogP contribution is -2.61. The lowest BCUT2D eigenvalue weighted by Gasteiger charge is -2.39. The normalized spacial score (nSPS) is 15.0. The summed E-state index contributed by atoms with van der Waals surface area (Å²) in [5.74, 6) is -1.89. The molecule has 1 saturated heterocycles. The van der Waals surface area contributed by atoms with Gasteiger partial charge >= 0.3 is 0 Å². The molecule has 1 aliphatic rings. The van der Waals surface area contributed by atoms with Gasteiger partial charge in [-0.05, 0) is 67.7 Å². The maximum absolute atomic E-state index is 13.4. The highest BCUT2D eigenvalue weighted by molar-refractivity contribution is 7.81. The average Bonchev–Trinajstić information content (AvgIpc) is 3.16. The number of nitrogens with one attached hydrogen (secondary N) is 1. The van der Waals surface area contributed by atoms with Gasteiger partial charge in [0, 0.05) is 16.6 Å². The van der Waals surface area contributed by atoms with Crippen LogP contribution in [-0.4, -0.2) is 33.7 Å². The Morgan fingerprint density at radius 2 is 1.42 bits per heavy atom. The number of carbonyl (C=O) groups excluding carboxylic acids is 2. The van der Waals surface area contributed by atoms with Crippen LogP contribution < -0.4 is 15.1 Å². The molecule has 4 rings (SSSR count). The van der Waals surface area contributed by atoms with Gasteiger partial charge in [0.15, 0.2) is 5.11 Å². The van der Waals surface area contributed by atoms with Gasteiger partial charge in [-0.3, -0.25) is 19.4 Å². The first-order valence-electron chi connectivity index (χ1n) is 9.12. The Morgan fingerprint density at radius 1 is 0.935 bits per heavy atom. The molecule has 1 fully saturated rings. The largest absolute Gasteiger partial charge is 0.359 e. The second-order valence-corrected chi connectivity index (χ2v) is 9.06. The molecular formula is C20H15Cl2N5O2S2. The number of amides is 2. The molecule has 1 aromatic heterocycles. The van der Waals surface area contributed by atoms with Crippen LogP contribution in [0, 0.1) is 12.8 Å². The van der Waals surface area contributed by atoms with Gasteiger partial charge in [-0.15, -0.1) is 10.2 Å². The number of thiocarbonyl (C=S) groups is 1. The lowest BCUT2D eigenvalue weighted by atomic mass is 10.0. The summed E-state index contributed by atoms with van der Waals surface area (Å²) in [5, 5.41) is 13.4. The van der Waals surface area contributed by atoms with Gasteiger partial charge in [0.1, 0.15) is 10.9 Å². The Kier molecular flexibility index (Phi) is 6.19. The number of hydrogen-bond acceptors (Lipinski definition) is 7. The molecule has 0 saturated carbocycles. The number of anilines is 3. The molecule has 0 spiro atoms. The number of carbonyl (C=O) groups is 2. The summed E-state index contributed by atoms with van der Waals surface area (Å²) in [6.45, 7) is 1.87. The minimum atomic E-state index is -1.03. The summed E-state index contributed by atoms with van der Waals surface area (Å²) in [6.07, 6.45) is 0. The molecule has 2 heterocycles. The smallest absolute Gasteiger partial charge is 0.247 e. The van der Waals surface area contributed by atoms with Crippen LogP contribution in [0.3, 0.4) is 0 Å². The third-order valence-corrected chi connectivity index (χ3v) is 6.24. The molecule has 0 bridgehead atoms. The second-order valence-electron chi connectivity index (χ2n) is 6.64. The van der Waals surface area contributed by atoms with Crippen molar-refractivity contribution >= 4 is 80.2 Å². The predicted octanol–water partition coefficient (Wildman–Crippen LogP) is 4.55. The molecule has 0 unspecified atom stereocenters. The number of aryl methyl sites for hydroxylation is 1. The fourth-order valence-electron chi connectivity index (χ4n) is 3.09. The molecule has 2 aromatic carbocycles. The van der Waals surface area contributed by atoms with Gasteiger partial charge < -0.3 is 5.32 Å². The van der Waals surface area contributed by atoms with Crippen molar-refractivity contribution in [2.24, 2.45) is 5.92 Å². The highest BCUT2D eigenvalue weighted by Gasteiger charge is 2.45. The molecule has 7 nitrogen and oxygen atoms in total. The second kappa shape index (κ2) is 8.88. The standard InChI is InChI=1S/C20H15Cl2N5O2S2/c1-11-24-25-19(31-11)23-10-16-17(28)26(14-6-2-12(21)3-7-14)20(30)27(18(16)29)15-8-4-13(22)5-9-15/h2-9,16H,10H2,1H3,(H,23,25). The van der Waals surface area contributed by atoms with Gasteiger partial charge in [-0.25, -0.2) is 0 Å². The Labute approximate surface area is 197 Å². The molecule has 1 N–H and O–H groups in total. The van der Waals surface area contributed by atoms with Crippen LogP contribution in [0.2, 0.25) is 10.0 Å². The van der Waals surface area contributed by atoms with Crippen molar-refractivity contribution in [3.63, 3.8) is 0 Å². The first kappa shape index (κ1) is 21.6. The Hall–Kier alpha value is -2.59. The maximum Gasteiger partial charge on any atom is 0.247 e. The first-order chi connectivity index (χ1) is 14.8. The Bertz CT molecular complexity index is 1080. The van der Waals surface area contributed by atoms with E-state index in [1.54, 1.807) is 48.5 Å². The quantitative estimate of drug-likeness (QED) is 0.416. The van der Waals surface area contributed by atoms with E-state index < -0.39 is 17.7 Å². The van der Waals surface area contributed by atoms with E-state index in [9.17, 15) is 9.59 Å². The number of rotatable bonds is 5. The molecule has 158 valence electrons. The molecule has 31 heavy (non-hydrogen) atoms. The van der Waals surface area contributed by atoms with Crippen molar-refractivity contribution in [2.45, 2.75) is 6.92 Å². The van der Waals surface area contributed by atoms with Crippen LogP contribution in [0.25, 0.3) is 0 Å². The van der Waals surface area contributed by atoms with E-state index in [4.69, 9.17) is 35.4 Å². The fourth-order valence-corrected chi connectivity index (χ4v) is 4.33. The molecule has 0 atom stereocenters. The van der Waals surface area contributed by atoms with E-state index in [1.165, 1.54) is 21.1 Å². The zero-order chi connectivity index (χ0) is 22.1. The van der Waals surface area contributed by atoms with E-state index in [0.717, 1.165) is 5.01 Å². The summed E-state index contributed by atoms with van der Waals surface area (Å²) < 4.78 is 0. The molecule has 3 aromatic rings. The molecular weight excluding hydrogens is 477 g/mol. The topological polar surface area (TPSA) is 78.4 Å². The van der Waals surface area contributed by atoms with Gasteiger partial charge in [0.2, 0.25) is 16.9 Å². The molecule has 0 radical (unpaired) electrons. The molecule has 11 heteroatoms. The van der Waals surface area contributed by atoms with E-state index in [-0.39, 0.29) is 11.7 Å². The van der Waals surface area contributed by atoms with Gasteiger partial charge in [0.25, 0.3) is 0 Å². The number of hydrogen-bond donors (Lipinski definition) is 1. The Balaban J connectivity index is 1.71. The minimum Gasteiger partial charge on any atom is -0.359 e. The van der Waals surface area contributed by atoms with Crippen molar-refractivity contribution in [3.8, 4) is 0 Å². The van der Waals surface area contributed by atoms with E-state index >= 15 is 0 Å². The van der Waals surface area contributed by atoms with Crippen molar-refractivity contribution < 1.29 is 9.59 Å². The van der Waals surface area contributed by atoms with Crippen molar-refractivity contribution in [1.82, 2.24) is 10.2 Å². The third kappa shape index (κ3) is 4.40. The van der Waals surface area contributed by atoms with Crippen LogP contribution in [0.5, 0.6) is 0 Å². The highest BCUT2D eigenvalue weighted by atomic mass is 35.5. The van der Waals surface area contributed by atoms with E-state index in [0.29, 0.717) is 26.6 Å². The summed E-state index contributed by atoms with van der Waals surface area (Å²) in [4.78, 5) is 29.4. The zero-order valence-electron chi connectivity index (χ0n) is 16.1. The zero-order valence-corrected chi connectivity index (χ0v) is 19.2. The van der Waals surface area contributed by atoms with Crippen LogP contribution in [0.4, 0.5) is 16.5 Å². The van der Waals surface area contributed by atoms with E-state index in [1.807, 2.05) is 6.92 Å². The number of benzene rings is 2. The van der Waals surface area contributed by atoms with Crippen LogP contribution in [0.1, 0.15) is 5.01 Å². The lowest BCUT2D eigenvalue weighted by molar-refractivity contribution is -0.131.